The number of anilines is 2. The molecular weight excluding hydrogens is 354 g/mol. The maximum atomic E-state index is 12.3. The van der Waals surface area contributed by atoms with Gasteiger partial charge in [-0.2, -0.15) is 0 Å². The van der Waals surface area contributed by atoms with Crippen LogP contribution in [0.4, 0.5) is 11.5 Å². The zero-order valence-electron chi connectivity index (χ0n) is 11.7. The number of pyridine rings is 1. The maximum Gasteiger partial charge on any atom is 0.275 e. The van der Waals surface area contributed by atoms with Gasteiger partial charge in [-0.25, -0.2) is 4.98 Å². The van der Waals surface area contributed by atoms with E-state index in [1.807, 2.05) is 32.0 Å². The van der Waals surface area contributed by atoms with Crippen LogP contribution in [0.1, 0.15) is 23.0 Å². The van der Waals surface area contributed by atoms with Gasteiger partial charge in [0.15, 0.2) is 0 Å². The molecular formula is C15H15BrClN3O. The van der Waals surface area contributed by atoms with Crippen molar-refractivity contribution < 1.29 is 4.79 Å². The lowest BCUT2D eigenvalue weighted by Gasteiger charge is -2.11. The number of rotatable bonds is 4. The van der Waals surface area contributed by atoms with E-state index in [1.54, 1.807) is 12.1 Å². The highest BCUT2D eigenvalue weighted by atomic mass is 79.9. The van der Waals surface area contributed by atoms with E-state index in [0.717, 1.165) is 16.6 Å². The number of halogens is 2. The lowest BCUT2D eigenvalue weighted by atomic mass is 10.2. The first-order valence-electron chi connectivity index (χ1n) is 6.49. The maximum absolute atomic E-state index is 12.3. The van der Waals surface area contributed by atoms with Crippen LogP contribution < -0.4 is 10.6 Å². The molecule has 0 unspecified atom stereocenters. The molecule has 0 atom stereocenters. The SMILES string of the molecule is CCNc1ccc(Cl)c(C(=O)Nc2cccc(C)c2Br)n1. The number of aromatic nitrogens is 1. The van der Waals surface area contributed by atoms with Crippen molar-refractivity contribution in [1.82, 2.24) is 4.98 Å². The number of nitrogens with zero attached hydrogens (tertiary/aromatic N) is 1. The standard InChI is InChI=1S/C15H15BrClN3O/c1-3-18-12-8-7-10(17)14(20-12)15(21)19-11-6-4-5-9(2)13(11)16/h4-8H,3H2,1-2H3,(H,18,20)(H,19,21). The normalized spacial score (nSPS) is 10.3. The molecule has 110 valence electrons. The number of amides is 1. The quantitative estimate of drug-likeness (QED) is 0.836. The fraction of sp³-hybridized carbons (Fsp3) is 0.200. The molecule has 0 radical (unpaired) electrons. The third kappa shape index (κ3) is 3.74. The molecule has 21 heavy (non-hydrogen) atoms. The molecule has 2 N–H and O–H groups in total. The van der Waals surface area contributed by atoms with E-state index in [9.17, 15) is 4.79 Å². The Hall–Kier alpha value is -1.59. The predicted octanol–water partition coefficient (Wildman–Crippen LogP) is 4.49. The second-order valence-corrected chi connectivity index (χ2v) is 5.65. The van der Waals surface area contributed by atoms with Crippen LogP contribution in [0.3, 0.4) is 0 Å². The van der Waals surface area contributed by atoms with Gasteiger partial charge in [-0.15, -0.1) is 0 Å². The molecule has 1 heterocycles. The summed E-state index contributed by atoms with van der Waals surface area (Å²) in [5.74, 6) is 0.279. The highest BCUT2D eigenvalue weighted by Crippen LogP contribution is 2.27. The zero-order valence-corrected chi connectivity index (χ0v) is 14.0. The summed E-state index contributed by atoms with van der Waals surface area (Å²) < 4.78 is 0.845. The summed E-state index contributed by atoms with van der Waals surface area (Å²) in [6, 6.07) is 9.05. The number of carbonyl (C=O) groups excluding carboxylic acids is 1. The van der Waals surface area contributed by atoms with Crippen LogP contribution in [0.2, 0.25) is 5.02 Å². The van der Waals surface area contributed by atoms with Crippen LogP contribution in [-0.2, 0) is 0 Å². The molecule has 0 bridgehead atoms. The van der Waals surface area contributed by atoms with Gasteiger partial charge in [-0.05, 0) is 53.5 Å². The summed E-state index contributed by atoms with van der Waals surface area (Å²) in [5.41, 5.74) is 1.92. The molecule has 1 aromatic heterocycles. The Labute approximate surface area is 137 Å². The Balaban J connectivity index is 2.28. The molecule has 0 saturated heterocycles. The monoisotopic (exact) mass is 367 g/mol. The molecule has 0 aliphatic rings. The summed E-state index contributed by atoms with van der Waals surface area (Å²) in [7, 11) is 0. The van der Waals surface area contributed by atoms with E-state index in [-0.39, 0.29) is 11.6 Å². The summed E-state index contributed by atoms with van der Waals surface area (Å²) in [6.45, 7) is 4.63. The van der Waals surface area contributed by atoms with Crippen molar-refractivity contribution in [3.05, 3.63) is 51.1 Å². The van der Waals surface area contributed by atoms with Crippen molar-refractivity contribution in [2.75, 3.05) is 17.2 Å². The van der Waals surface area contributed by atoms with Crippen molar-refractivity contribution in [2.24, 2.45) is 0 Å². The van der Waals surface area contributed by atoms with Crippen LogP contribution in [0, 0.1) is 6.92 Å². The lowest BCUT2D eigenvalue weighted by molar-refractivity contribution is 0.102. The van der Waals surface area contributed by atoms with Crippen molar-refractivity contribution >= 4 is 44.9 Å². The molecule has 6 heteroatoms. The van der Waals surface area contributed by atoms with Gasteiger partial charge in [0.2, 0.25) is 0 Å². The Kier molecular flexibility index (Phi) is 5.20. The summed E-state index contributed by atoms with van der Waals surface area (Å²) >= 11 is 9.52. The van der Waals surface area contributed by atoms with Gasteiger partial charge in [0.05, 0.1) is 10.7 Å². The number of benzene rings is 1. The molecule has 2 aromatic rings. The lowest BCUT2D eigenvalue weighted by Crippen LogP contribution is -2.16. The van der Waals surface area contributed by atoms with E-state index in [1.165, 1.54) is 0 Å². The highest BCUT2D eigenvalue weighted by Gasteiger charge is 2.15. The van der Waals surface area contributed by atoms with Crippen molar-refractivity contribution in [2.45, 2.75) is 13.8 Å². The Morgan fingerprint density at radius 1 is 1.33 bits per heavy atom. The van der Waals surface area contributed by atoms with Crippen LogP contribution in [0.25, 0.3) is 0 Å². The smallest absolute Gasteiger partial charge is 0.275 e. The third-order valence-electron chi connectivity index (χ3n) is 2.86. The van der Waals surface area contributed by atoms with Gasteiger partial charge in [-0.3, -0.25) is 4.79 Å². The van der Waals surface area contributed by atoms with Gasteiger partial charge in [0.25, 0.3) is 5.91 Å². The fourth-order valence-corrected chi connectivity index (χ4v) is 2.36. The molecule has 1 aromatic carbocycles. The highest BCUT2D eigenvalue weighted by molar-refractivity contribution is 9.10. The summed E-state index contributed by atoms with van der Waals surface area (Å²) in [6.07, 6.45) is 0. The number of nitrogens with one attached hydrogen (secondary N) is 2. The topological polar surface area (TPSA) is 54.0 Å². The molecule has 1 amide bonds. The van der Waals surface area contributed by atoms with Gasteiger partial charge < -0.3 is 10.6 Å². The zero-order chi connectivity index (χ0) is 15.4. The molecule has 4 nitrogen and oxygen atoms in total. The number of aryl methyl sites for hydroxylation is 1. The Bertz CT molecular complexity index is 676. The van der Waals surface area contributed by atoms with E-state index in [2.05, 4.69) is 31.5 Å². The van der Waals surface area contributed by atoms with E-state index < -0.39 is 0 Å². The molecule has 0 saturated carbocycles. The first-order valence-corrected chi connectivity index (χ1v) is 7.67. The van der Waals surface area contributed by atoms with Crippen LogP contribution in [0.5, 0.6) is 0 Å². The predicted molar refractivity (Wildman–Crippen MR) is 90.2 cm³/mol. The van der Waals surface area contributed by atoms with Crippen LogP contribution in [0.15, 0.2) is 34.8 Å². The molecule has 0 spiro atoms. The van der Waals surface area contributed by atoms with E-state index >= 15 is 0 Å². The first kappa shape index (κ1) is 15.8. The first-order chi connectivity index (χ1) is 10.0. The average Bonchev–Trinajstić information content (AvgIpc) is 2.46. The largest absolute Gasteiger partial charge is 0.370 e. The Morgan fingerprint density at radius 2 is 2.10 bits per heavy atom. The van der Waals surface area contributed by atoms with Gasteiger partial charge in [0, 0.05) is 11.0 Å². The van der Waals surface area contributed by atoms with Crippen LogP contribution in [-0.4, -0.2) is 17.4 Å². The number of carbonyl (C=O) groups is 1. The second kappa shape index (κ2) is 6.91. The van der Waals surface area contributed by atoms with Crippen molar-refractivity contribution in [3.8, 4) is 0 Å². The van der Waals surface area contributed by atoms with Crippen molar-refractivity contribution in [1.29, 1.82) is 0 Å². The van der Waals surface area contributed by atoms with E-state index in [4.69, 9.17) is 11.6 Å². The fourth-order valence-electron chi connectivity index (χ4n) is 1.81. The van der Waals surface area contributed by atoms with Crippen molar-refractivity contribution in [3.63, 3.8) is 0 Å². The van der Waals surface area contributed by atoms with Crippen LogP contribution >= 0.6 is 27.5 Å². The molecule has 2 rings (SSSR count). The molecule has 0 fully saturated rings. The second-order valence-electron chi connectivity index (χ2n) is 4.45. The minimum absolute atomic E-state index is 0.198. The van der Waals surface area contributed by atoms with Gasteiger partial charge >= 0.3 is 0 Å². The van der Waals surface area contributed by atoms with Gasteiger partial charge in [0.1, 0.15) is 11.5 Å². The minimum Gasteiger partial charge on any atom is -0.370 e. The van der Waals surface area contributed by atoms with Gasteiger partial charge in [-0.1, -0.05) is 23.7 Å². The average molecular weight is 369 g/mol. The third-order valence-corrected chi connectivity index (χ3v) is 4.22. The summed E-state index contributed by atoms with van der Waals surface area (Å²) in [4.78, 5) is 16.6. The van der Waals surface area contributed by atoms with E-state index in [0.29, 0.717) is 16.5 Å². The minimum atomic E-state index is -0.342. The number of hydrogen-bond acceptors (Lipinski definition) is 3. The number of hydrogen-bond donors (Lipinski definition) is 2. The molecule has 0 aliphatic carbocycles. The summed E-state index contributed by atoms with van der Waals surface area (Å²) in [5, 5.41) is 6.19. The Morgan fingerprint density at radius 3 is 2.81 bits per heavy atom. The molecule has 0 aliphatic heterocycles.